The average Bonchev–Trinajstić information content (AvgIpc) is 2.44. The number of amides is 1. The van der Waals surface area contributed by atoms with E-state index in [-0.39, 0.29) is 25.0 Å². The average molecular weight is 267 g/mol. The Balaban J connectivity index is 2.45. The zero-order valence-corrected chi connectivity index (χ0v) is 10.6. The minimum Gasteiger partial charge on any atom is -0.486 e. The fourth-order valence-corrected chi connectivity index (χ4v) is 1.21. The van der Waals surface area contributed by atoms with Crippen molar-refractivity contribution in [2.24, 2.45) is 10.9 Å². The normalized spacial score (nSPS) is 11.1. The molecule has 19 heavy (non-hydrogen) atoms. The van der Waals surface area contributed by atoms with Crippen LogP contribution in [0.5, 0.6) is 5.75 Å². The number of anilines is 1. The van der Waals surface area contributed by atoms with Gasteiger partial charge in [-0.3, -0.25) is 4.79 Å². The van der Waals surface area contributed by atoms with E-state index in [0.717, 1.165) is 0 Å². The highest BCUT2D eigenvalue weighted by atomic mass is 16.5. The Morgan fingerprint density at radius 2 is 2.05 bits per heavy atom. The van der Waals surface area contributed by atoms with Gasteiger partial charge in [0.15, 0.2) is 5.84 Å². The Morgan fingerprint density at radius 3 is 2.63 bits per heavy atom. The molecule has 0 aliphatic carbocycles. The van der Waals surface area contributed by atoms with E-state index in [9.17, 15) is 4.79 Å². The summed E-state index contributed by atoms with van der Waals surface area (Å²) in [4.78, 5) is 11.4. The maximum atomic E-state index is 11.4. The van der Waals surface area contributed by atoms with E-state index < -0.39 is 0 Å². The van der Waals surface area contributed by atoms with Crippen molar-refractivity contribution in [2.75, 3.05) is 25.1 Å². The third-order valence-electron chi connectivity index (χ3n) is 2.09. The lowest BCUT2D eigenvalue weighted by atomic mass is 10.3. The van der Waals surface area contributed by atoms with Crippen LogP contribution in [0.3, 0.4) is 0 Å². The second-order valence-corrected chi connectivity index (χ2v) is 3.59. The molecule has 0 aliphatic heterocycles. The molecule has 0 saturated carbocycles. The molecule has 1 amide bonds. The first-order valence-corrected chi connectivity index (χ1v) is 5.72. The summed E-state index contributed by atoms with van der Waals surface area (Å²) in [5, 5.41) is 13.8. The number of nitrogens with one attached hydrogen (secondary N) is 1. The maximum Gasteiger partial charge on any atom is 0.250 e. The number of ether oxygens (including phenoxy) is 2. The largest absolute Gasteiger partial charge is 0.486 e. The molecule has 1 aromatic rings. The molecule has 7 heteroatoms. The molecule has 0 atom stereocenters. The highest BCUT2D eigenvalue weighted by molar-refractivity contribution is 5.91. The molecule has 104 valence electrons. The van der Waals surface area contributed by atoms with Crippen LogP contribution in [-0.2, 0) is 9.53 Å². The number of benzene rings is 1. The van der Waals surface area contributed by atoms with E-state index in [1.807, 2.05) is 6.92 Å². The highest BCUT2D eigenvalue weighted by Gasteiger charge is 2.02. The summed E-state index contributed by atoms with van der Waals surface area (Å²) in [6.07, 6.45) is 0. The second kappa shape index (κ2) is 7.93. The predicted octanol–water partition coefficient (Wildman–Crippen LogP) is 0.787. The zero-order valence-electron chi connectivity index (χ0n) is 10.6. The zero-order chi connectivity index (χ0) is 14.1. The molecule has 0 aliphatic rings. The predicted molar refractivity (Wildman–Crippen MR) is 70.5 cm³/mol. The third kappa shape index (κ3) is 5.73. The van der Waals surface area contributed by atoms with Crippen molar-refractivity contribution in [3.05, 3.63) is 24.3 Å². The number of rotatable bonds is 7. The van der Waals surface area contributed by atoms with Crippen molar-refractivity contribution in [2.45, 2.75) is 6.92 Å². The van der Waals surface area contributed by atoms with Crippen LogP contribution in [0, 0.1) is 0 Å². The third-order valence-corrected chi connectivity index (χ3v) is 2.09. The quantitative estimate of drug-likeness (QED) is 0.293. The molecule has 0 spiro atoms. The van der Waals surface area contributed by atoms with Gasteiger partial charge in [-0.05, 0) is 31.2 Å². The number of carbonyl (C=O) groups is 1. The lowest BCUT2D eigenvalue weighted by Gasteiger charge is -2.07. The lowest BCUT2D eigenvalue weighted by Crippen LogP contribution is -2.20. The monoisotopic (exact) mass is 267 g/mol. The van der Waals surface area contributed by atoms with Crippen molar-refractivity contribution < 1.29 is 19.5 Å². The molecule has 4 N–H and O–H groups in total. The molecular formula is C12H17N3O4. The number of nitrogens with two attached hydrogens (primary N) is 1. The summed E-state index contributed by atoms with van der Waals surface area (Å²) < 4.78 is 10.2. The summed E-state index contributed by atoms with van der Waals surface area (Å²) in [5.41, 5.74) is 5.91. The van der Waals surface area contributed by atoms with Gasteiger partial charge in [-0.2, -0.15) is 0 Å². The minimum absolute atomic E-state index is 0.00740. The van der Waals surface area contributed by atoms with Crippen molar-refractivity contribution in [1.82, 2.24) is 0 Å². The fraction of sp³-hybridized carbons (Fsp3) is 0.333. The molecular weight excluding hydrogens is 250 g/mol. The molecule has 0 bridgehead atoms. The van der Waals surface area contributed by atoms with Gasteiger partial charge in [-0.1, -0.05) is 5.16 Å². The van der Waals surface area contributed by atoms with Crippen molar-refractivity contribution in [1.29, 1.82) is 0 Å². The first-order valence-electron chi connectivity index (χ1n) is 5.72. The number of nitrogens with zero attached hydrogens (tertiary/aromatic N) is 1. The molecule has 0 aromatic heterocycles. The molecule has 0 fully saturated rings. The van der Waals surface area contributed by atoms with Gasteiger partial charge < -0.3 is 25.7 Å². The summed E-state index contributed by atoms with van der Waals surface area (Å²) >= 11 is 0. The van der Waals surface area contributed by atoms with Gasteiger partial charge in [0.25, 0.3) is 0 Å². The van der Waals surface area contributed by atoms with Gasteiger partial charge >= 0.3 is 0 Å². The van der Waals surface area contributed by atoms with Crippen LogP contribution in [0.15, 0.2) is 29.4 Å². The fourth-order valence-electron chi connectivity index (χ4n) is 1.21. The summed E-state index contributed by atoms with van der Waals surface area (Å²) in [6.45, 7) is 2.33. The van der Waals surface area contributed by atoms with Crippen LogP contribution < -0.4 is 15.8 Å². The number of amidine groups is 1. The molecule has 0 radical (unpaired) electrons. The van der Waals surface area contributed by atoms with Crippen molar-refractivity contribution in [3.8, 4) is 5.75 Å². The van der Waals surface area contributed by atoms with Crippen molar-refractivity contribution in [3.63, 3.8) is 0 Å². The summed E-state index contributed by atoms with van der Waals surface area (Å²) in [5.74, 6) is 0.315. The van der Waals surface area contributed by atoms with E-state index >= 15 is 0 Å². The Labute approximate surface area is 111 Å². The van der Waals surface area contributed by atoms with Crippen LogP contribution in [0.2, 0.25) is 0 Å². The van der Waals surface area contributed by atoms with E-state index in [4.69, 9.17) is 20.4 Å². The number of hydrogen-bond donors (Lipinski definition) is 3. The second-order valence-electron chi connectivity index (χ2n) is 3.59. The van der Waals surface area contributed by atoms with Crippen LogP contribution in [0.4, 0.5) is 5.69 Å². The summed E-state index contributed by atoms with van der Waals surface area (Å²) in [6, 6.07) is 6.71. The minimum atomic E-state index is -0.216. The summed E-state index contributed by atoms with van der Waals surface area (Å²) in [7, 11) is 0. The Bertz CT molecular complexity index is 431. The van der Waals surface area contributed by atoms with Crippen LogP contribution in [0.1, 0.15) is 6.92 Å². The van der Waals surface area contributed by atoms with Gasteiger partial charge in [0, 0.05) is 12.3 Å². The van der Waals surface area contributed by atoms with E-state index in [2.05, 4.69) is 10.5 Å². The van der Waals surface area contributed by atoms with Crippen molar-refractivity contribution >= 4 is 17.4 Å². The molecule has 0 saturated heterocycles. The van der Waals surface area contributed by atoms with Gasteiger partial charge in [0.2, 0.25) is 5.91 Å². The highest BCUT2D eigenvalue weighted by Crippen LogP contribution is 2.15. The topological polar surface area (TPSA) is 106 Å². The molecule has 1 aromatic carbocycles. The van der Waals surface area contributed by atoms with Crippen LogP contribution in [-0.4, -0.2) is 36.8 Å². The lowest BCUT2D eigenvalue weighted by molar-refractivity contribution is -0.120. The Morgan fingerprint density at radius 1 is 1.37 bits per heavy atom. The first-order chi connectivity index (χ1) is 9.15. The molecule has 0 unspecified atom stereocenters. The smallest absolute Gasteiger partial charge is 0.250 e. The molecule has 0 heterocycles. The van der Waals surface area contributed by atoms with E-state index in [0.29, 0.717) is 18.0 Å². The molecule has 1 rings (SSSR count). The van der Waals surface area contributed by atoms with E-state index in [1.165, 1.54) is 0 Å². The van der Waals surface area contributed by atoms with Crippen LogP contribution in [0.25, 0.3) is 0 Å². The van der Waals surface area contributed by atoms with Gasteiger partial charge in [0.1, 0.15) is 19.0 Å². The van der Waals surface area contributed by atoms with E-state index in [1.54, 1.807) is 24.3 Å². The SMILES string of the molecule is CCOCC(=O)Nc1ccc(OC/C(N)=N/O)cc1. The van der Waals surface area contributed by atoms with Gasteiger partial charge in [-0.15, -0.1) is 0 Å². The first kappa shape index (κ1) is 14.8. The van der Waals surface area contributed by atoms with Gasteiger partial charge in [0.05, 0.1) is 0 Å². The van der Waals surface area contributed by atoms with Crippen LogP contribution >= 0.6 is 0 Å². The standard InChI is InChI=1S/C12H17N3O4/c1-2-18-8-12(16)14-9-3-5-10(6-4-9)19-7-11(13)15-17/h3-6,17H,2,7-8H2,1H3,(H2,13,15)(H,14,16). The molecule has 7 nitrogen and oxygen atoms in total. The Hall–Kier alpha value is -2.28. The maximum absolute atomic E-state index is 11.4. The number of oxime groups is 1. The number of hydrogen-bond acceptors (Lipinski definition) is 5. The van der Waals surface area contributed by atoms with Gasteiger partial charge in [-0.25, -0.2) is 0 Å². The Kier molecular flexibility index (Phi) is 6.17. The number of carbonyl (C=O) groups excluding carboxylic acids is 1.